The number of hydrogen-bond donors (Lipinski definition) is 1. The third-order valence-corrected chi connectivity index (χ3v) is 2.73. The molecule has 2 nitrogen and oxygen atoms in total. The Morgan fingerprint density at radius 1 is 1.00 bits per heavy atom. The average Bonchev–Trinajstić information content (AvgIpc) is 2.43. The van der Waals surface area contributed by atoms with E-state index in [1.165, 1.54) is 12.1 Å². The highest BCUT2D eigenvalue weighted by molar-refractivity contribution is 5.21. The molecule has 2 aromatic rings. The molecule has 0 amide bonds. The van der Waals surface area contributed by atoms with Crippen molar-refractivity contribution in [2.24, 2.45) is 0 Å². The number of aliphatic hydroxyl groups excluding tert-OH is 1. The lowest BCUT2D eigenvalue weighted by atomic mass is 10.1. The second-order valence-electron chi connectivity index (χ2n) is 4.16. The molecule has 0 fully saturated rings. The van der Waals surface area contributed by atoms with E-state index in [0.29, 0.717) is 6.61 Å². The smallest absolute Gasteiger partial charge is 0.164 e. The Labute approximate surface area is 110 Å². The summed E-state index contributed by atoms with van der Waals surface area (Å²) in [5.41, 5.74) is 0.863. The van der Waals surface area contributed by atoms with Gasteiger partial charge in [-0.2, -0.15) is 0 Å². The number of rotatable bonds is 5. The molecule has 2 aromatic carbocycles. The van der Waals surface area contributed by atoms with E-state index in [2.05, 4.69) is 0 Å². The van der Waals surface area contributed by atoms with Crippen LogP contribution < -0.4 is 0 Å². The van der Waals surface area contributed by atoms with Crippen molar-refractivity contribution in [1.82, 2.24) is 0 Å². The highest BCUT2D eigenvalue weighted by Gasteiger charge is 2.15. The van der Waals surface area contributed by atoms with Crippen molar-refractivity contribution < 1.29 is 18.6 Å². The molecule has 4 heteroatoms. The van der Waals surface area contributed by atoms with Gasteiger partial charge < -0.3 is 9.84 Å². The molecule has 0 saturated carbocycles. The molecule has 0 bridgehead atoms. The SMILES string of the molecule is OC(COCc1ccccc1)c1cccc(F)c1F. The van der Waals surface area contributed by atoms with Crippen LogP contribution in [0.15, 0.2) is 48.5 Å². The van der Waals surface area contributed by atoms with Gasteiger partial charge in [0.15, 0.2) is 11.6 Å². The van der Waals surface area contributed by atoms with Gasteiger partial charge in [0, 0.05) is 5.56 Å². The van der Waals surface area contributed by atoms with Crippen LogP contribution in [0.5, 0.6) is 0 Å². The van der Waals surface area contributed by atoms with Gasteiger partial charge in [-0.1, -0.05) is 42.5 Å². The summed E-state index contributed by atoms with van der Waals surface area (Å²) in [6, 6.07) is 13.1. The zero-order chi connectivity index (χ0) is 13.7. The highest BCUT2D eigenvalue weighted by Crippen LogP contribution is 2.19. The molecule has 0 heterocycles. The molecule has 0 spiro atoms. The summed E-state index contributed by atoms with van der Waals surface area (Å²) in [5.74, 6) is -2.00. The van der Waals surface area contributed by atoms with Crippen molar-refractivity contribution in [3.63, 3.8) is 0 Å². The monoisotopic (exact) mass is 264 g/mol. The lowest BCUT2D eigenvalue weighted by molar-refractivity contribution is 0.0257. The molecule has 2 rings (SSSR count). The number of aliphatic hydroxyl groups is 1. The molecule has 1 N–H and O–H groups in total. The molecule has 0 aromatic heterocycles. The van der Waals surface area contributed by atoms with Crippen molar-refractivity contribution >= 4 is 0 Å². The Bertz CT molecular complexity index is 529. The van der Waals surface area contributed by atoms with Crippen LogP contribution in [0, 0.1) is 11.6 Å². The molecule has 100 valence electrons. The Balaban J connectivity index is 1.91. The molecule has 0 radical (unpaired) electrons. The van der Waals surface area contributed by atoms with E-state index in [9.17, 15) is 13.9 Å². The highest BCUT2D eigenvalue weighted by atomic mass is 19.2. The number of ether oxygens (including phenoxy) is 1. The molecular formula is C15H14F2O2. The molecular weight excluding hydrogens is 250 g/mol. The lowest BCUT2D eigenvalue weighted by Gasteiger charge is -2.12. The summed E-state index contributed by atoms with van der Waals surface area (Å²) in [5, 5.41) is 9.77. The summed E-state index contributed by atoms with van der Waals surface area (Å²) in [6.07, 6.45) is -1.18. The second kappa shape index (κ2) is 6.41. The predicted octanol–water partition coefficient (Wildman–Crippen LogP) is 3.22. The van der Waals surface area contributed by atoms with E-state index in [1.807, 2.05) is 30.3 Å². The maximum atomic E-state index is 13.4. The van der Waals surface area contributed by atoms with E-state index >= 15 is 0 Å². The van der Waals surface area contributed by atoms with Gasteiger partial charge >= 0.3 is 0 Å². The van der Waals surface area contributed by atoms with Crippen molar-refractivity contribution in [2.45, 2.75) is 12.7 Å². The van der Waals surface area contributed by atoms with E-state index in [4.69, 9.17) is 4.74 Å². The van der Waals surface area contributed by atoms with Crippen LogP contribution in [0.3, 0.4) is 0 Å². The van der Waals surface area contributed by atoms with E-state index in [1.54, 1.807) is 0 Å². The second-order valence-corrected chi connectivity index (χ2v) is 4.16. The van der Waals surface area contributed by atoms with Gasteiger partial charge in [0.05, 0.1) is 13.2 Å². The average molecular weight is 264 g/mol. The van der Waals surface area contributed by atoms with Gasteiger partial charge in [0.2, 0.25) is 0 Å². The Morgan fingerprint density at radius 3 is 2.47 bits per heavy atom. The van der Waals surface area contributed by atoms with Crippen molar-refractivity contribution in [2.75, 3.05) is 6.61 Å². The quantitative estimate of drug-likeness (QED) is 0.898. The van der Waals surface area contributed by atoms with Crippen molar-refractivity contribution in [3.05, 3.63) is 71.3 Å². The van der Waals surface area contributed by atoms with E-state index in [-0.39, 0.29) is 12.2 Å². The number of halogens is 2. The van der Waals surface area contributed by atoms with Gasteiger partial charge in [-0.15, -0.1) is 0 Å². The lowest BCUT2D eigenvalue weighted by Crippen LogP contribution is -2.10. The Kier molecular flexibility index (Phi) is 4.60. The van der Waals surface area contributed by atoms with Crippen LogP contribution in [0.1, 0.15) is 17.2 Å². The standard InChI is InChI=1S/C15H14F2O2/c16-13-8-4-7-12(15(13)17)14(18)10-19-9-11-5-2-1-3-6-11/h1-8,14,18H,9-10H2. The first-order valence-electron chi connectivity index (χ1n) is 5.92. The third-order valence-electron chi connectivity index (χ3n) is 2.73. The van der Waals surface area contributed by atoms with Crippen LogP contribution in [-0.2, 0) is 11.3 Å². The maximum Gasteiger partial charge on any atom is 0.164 e. The fourth-order valence-electron chi connectivity index (χ4n) is 1.73. The van der Waals surface area contributed by atoms with Crippen LogP contribution >= 0.6 is 0 Å². The fraction of sp³-hybridized carbons (Fsp3) is 0.200. The minimum Gasteiger partial charge on any atom is -0.386 e. The maximum absolute atomic E-state index is 13.4. The molecule has 0 saturated heterocycles. The number of hydrogen-bond acceptors (Lipinski definition) is 2. The Morgan fingerprint density at radius 2 is 1.74 bits per heavy atom. The third kappa shape index (κ3) is 3.59. The summed E-state index contributed by atoms with van der Waals surface area (Å²) in [7, 11) is 0. The zero-order valence-electron chi connectivity index (χ0n) is 10.2. The van der Waals surface area contributed by atoms with E-state index in [0.717, 1.165) is 11.6 Å². The summed E-state index contributed by atoms with van der Waals surface area (Å²) < 4.78 is 31.7. The summed E-state index contributed by atoms with van der Waals surface area (Å²) in [4.78, 5) is 0. The van der Waals surface area contributed by atoms with E-state index < -0.39 is 17.7 Å². The first-order chi connectivity index (χ1) is 9.18. The van der Waals surface area contributed by atoms with Crippen LogP contribution in [0.4, 0.5) is 8.78 Å². The van der Waals surface area contributed by atoms with Gasteiger partial charge in [0.25, 0.3) is 0 Å². The molecule has 1 unspecified atom stereocenters. The topological polar surface area (TPSA) is 29.5 Å². The minimum atomic E-state index is -1.18. The molecule has 0 aliphatic heterocycles. The van der Waals surface area contributed by atoms with Crippen molar-refractivity contribution in [1.29, 1.82) is 0 Å². The van der Waals surface area contributed by atoms with Crippen LogP contribution in [0.25, 0.3) is 0 Å². The normalized spacial score (nSPS) is 12.4. The Hall–Kier alpha value is -1.78. The van der Waals surface area contributed by atoms with Gasteiger partial charge in [-0.3, -0.25) is 0 Å². The molecule has 19 heavy (non-hydrogen) atoms. The van der Waals surface area contributed by atoms with Gasteiger partial charge in [-0.05, 0) is 11.6 Å². The van der Waals surface area contributed by atoms with Gasteiger partial charge in [0.1, 0.15) is 6.10 Å². The first-order valence-corrected chi connectivity index (χ1v) is 5.92. The molecule has 0 aliphatic carbocycles. The van der Waals surface area contributed by atoms with Gasteiger partial charge in [-0.25, -0.2) is 8.78 Å². The zero-order valence-corrected chi connectivity index (χ0v) is 10.2. The largest absolute Gasteiger partial charge is 0.386 e. The van der Waals surface area contributed by atoms with Crippen LogP contribution in [-0.4, -0.2) is 11.7 Å². The fourth-order valence-corrected chi connectivity index (χ4v) is 1.73. The number of benzene rings is 2. The van der Waals surface area contributed by atoms with Crippen molar-refractivity contribution in [3.8, 4) is 0 Å². The first kappa shape index (κ1) is 13.6. The minimum absolute atomic E-state index is 0.0880. The molecule has 1 atom stereocenters. The van der Waals surface area contributed by atoms with Crippen LogP contribution in [0.2, 0.25) is 0 Å². The summed E-state index contributed by atoms with van der Waals surface area (Å²) in [6.45, 7) is 0.226. The summed E-state index contributed by atoms with van der Waals surface area (Å²) >= 11 is 0. The predicted molar refractivity (Wildman–Crippen MR) is 67.4 cm³/mol. The molecule has 0 aliphatic rings.